The van der Waals surface area contributed by atoms with E-state index < -0.39 is 0 Å². The van der Waals surface area contributed by atoms with E-state index in [0.717, 1.165) is 18.7 Å². The fourth-order valence-corrected chi connectivity index (χ4v) is 3.85. The number of rotatable bonds is 2. The highest BCUT2D eigenvalue weighted by molar-refractivity contribution is 6.38. The first-order chi connectivity index (χ1) is 13.7. The minimum atomic E-state index is -0.123. The minimum absolute atomic E-state index is 0.0968. The predicted octanol–water partition coefficient (Wildman–Crippen LogP) is 1.07. The van der Waals surface area contributed by atoms with Crippen LogP contribution in [0.5, 0.6) is 0 Å². The molecule has 4 aliphatic rings. The van der Waals surface area contributed by atoms with Gasteiger partial charge >= 0.3 is 0 Å². The number of para-hydroxylation sites is 1. The van der Waals surface area contributed by atoms with Crippen LogP contribution in [0, 0.1) is 0 Å². The van der Waals surface area contributed by atoms with E-state index in [1.807, 2.05) is 29.2 Å². The van der Waals surface area contributed by atoms with Crippen molar-refractivity contribution in [2.75, 3.05) is 37.6 Å². The Balaban J connectivity index is 1.32. The summed E-state index contributed by atoms with van der Waals surface area (Å²) in [6.45, 7) is 3.14. The number of amidine groups is 1. The van der Waals surface area contributed by atoms with E-state index in [4.69, 9.17) is 0 Å². The number of hydrogen-bond donors (Lipinski definition) is 1. The molecule has 1 aromatic rings. The highest BCUT2D eigenvalue weighted by Gasteiger charge is 2.33. The van der Waals surface area contributed by atoms with E-state index >= 15 is 0 Å². The summed E-state index contributed by atoms with van der Waals surface area (Å²) in [7, 11) is 0. The van der Waals surface area contributed by atoms with Crippen molar-refractivity contribution in [1.29, 1.82) is 0 Å². The quantitative estimate of drug-likeness (QED) is 0.841. The molecule has 7 nitrogen and oxygen atoms in total. The number of hydrogen-bond acceptors (Lipinski definition) is 6. The van der Waals surface area contributed by atoms with Crippen LogP contribution in [0.3, 0.4) is 0 Å². The van der Waals surface area contributed by atoms with Crippen LogP contribution >= 0.6 is 0 Å². The highest BCUT2D eigenvalue weighted by Crippen LogP contribution is 2.33. The summed E-state index contributed by atoms with van der Waals surface area (Å²) in [6, 6.07) is 10.2. The molecule has 140 valence electrons. The molecule has 1 N–H and O–H groups in total. The van der Waals surface area contributed by atoms with E-state index in [1.54, 1.807) is 6.21 Å². The van der Waals surface area contributed by atoms with Gasteiger partial charge in [-0.2, -0.15) is 0 Å². The molecule has 1 saturated heterocycles. The SMILES string of the molecule is O=C1C=C2N=CC=C2C2=C1CNC(C(=O)N1CCN(c3ccccc3)CC1)=N2. The largest absolute Gasteiger partial charge is 0.368 e. The lowest BCUT2D eigenvalue weighted by Gasteiger charge is -2.36. The first-order valence-electron chi connectivity index (χ1n) is 9.37. The lowest BCUT2D eigenvalue weighted by Crippen LogP contribution is -2.53. The molecule has 1 aromatic carbocycles. The Bertz CT molecular complexity index is 1010. The van der Waals surface area contributed by atoms with Crippen molar-refractivity contribution in [2.45, 2.75) is 0 Å². The van der Waals surface area contributed by atoms with E-state index in [2.05, 4.69) is 32.3 Å². The molecule has 0 aromatic heterocycles. The summed E-state index contributed by atoms with van der Waals surface area (Å²) in [6.07, 6.45) is 5.02. The molecule has 5 rings (SSSR count). The van der Waals surface area contributed by atoms with Crippen molar-refractivity contribution in [3.63, 3.8) is 0 Å². The molecule has 7 heteroatoms. The Morgan fingerprint density at radius 1 is 1.07 bits per heavy atom. The normalized spacial score (nSPS) is 20.9. The topological polar surface area (TPSA) is 77.4 Å². The van der Waals surface area contributed by atoms with Crippen molar-refractivity contribution in [3.05, 3.63) is 65.0 Å². The predicted molar refractivity (Wildman–Crippen MR) is 107 cm³/mol. The molecule has 0 atom stereocenters. The third kappa shape index (κ3) is 2.76. The van der Waals surface area contributed by atoms with Gasteiger partial charge in [0.05, 0.1) is 11.4 Å². The molecule has 0 radical (unpaired) electrons. The number of amides is 1. The molecule has 0 bridgehead atoms. The third-order valence-electron chi connectivity index (χ3n) is 5.38. The zero-order valence-corrected chi connectivity index (χ0v) is 15.3. The standard InChI is InChI=1S/C21H19N5O2/c27-18-12-17-15(6-7-22-17)19-16(18)13-23-20(24-19)21(28)26-10-8-25(9-11-26)14-4-2-1-3-5-14/h1-7,12H,8-11,13H2,(H,23,24). The van der Waals surface area contributed by atoms with Gasteiger partial charge in [-0.1, -0.05) is 18.2 Å². The summed E-state index contributed by atoms with van der Waals surface area (Å²) >= 11 is 0. The Kier molecular flexibility index (Phi) is 3.93. The van der Waals surface area contributed by atoms with Crippen LogP contribution < -0.4 is 10.2 Å². The average molecular weight is 373 g/mol. The second kappa shape index (κ2) is 6.60. The van der Waals surface area contributed by atoms with Gasteiger partial charge in [-0.05, 0) is 18.2 Å². The van der Waals surface area contributed by atoms with Crippen molar-refractivity contribution >= 4 is 29.4 Å². The number of allylic oxidation sites excluding steroid dienone is 2. The summed E-state index contributed by atoms with van der Waals surface area (Å²) in [5.74, 6) is 0.0801. The lowest BCUT2D eigenvalue weighted by atomic mass is 9.94. The van der Waals surface area contributed by atoms with Crippen molar-refractivity contribution < 1.29 is 9.59 Å². The van der Waals surface area contributed by atoms with Crippen LogP contribution in [0.15, 0.2) is 75.0 Å². The molecule has 3 heterocycles. The van der Waals surface area contributed by atoms with Gasteiger partial charge in [0.2, 0.25) is 0 Å². The Morgan fingerprint density at radius 3 is 2.64 bits per heavy atom. The maximum Gasteiger partial charge on any atom is 0.289 e. The number of anilines is 1. The molecule has 0 saturated carbocycles. The first-order valence-corrected chi connectivity index (χ1v) is 9.37. The maximum atomic E-state index is 13.0. The Hall–Kier alpha value is -3.48. The van der Waals surface area contributed by atoms with Gasteiger partial charge in [0, 0.05) is 61.8 Å². The number of ketones is 1. The van der Waals surface area contributed by atoms with E-state index in [-0.39, 0.29) is 11.7 Å². The van der Waals surface area contributed by atoms with Gasteiger partial charge in [-0.3, -0.25) is 14.6 Å². The Labute approximate surface area is 162 Å². The van der Waals surface area contributed by atoms with Crippen molar-refractivity contribution in [1.82, 2.24) is 10.2 Å². The fraction of sp³-hybridized carbons (Fsp3) is 0.238. The van der Waals surface area contributed by atoms with Crippen LogP contribution in [0.25, 0.3) is 0 Å². The van der Waals surface area contributed by atoms with E-state index in [1.165, 1.54) is 11.8 Å². The van der Waals surface area contributed by atoms with Gasteiger partial charge in [-0.15, -0.1) is 0 Å². The molecule has 28 heavy (non-hydrogen) atoms. The average Bonchev–Trinajstić information content (AvgIpc) is 3.22. The highest BCUT2D eigenvalue weighted by atomic mass is 16.2. The summed E-state index contributed by atoms with van der Waals surface area (Å²) in [5.41, 5.74) is 3.77. The Morgan fingerprint density at radius 2 is 1.86 bits per heavy atom. The molecule has 1 fully saturated rings. The third-order valence-corrected chi connectivity index (χ3v) is 5.38. The maximum absolute atomic E-state index is 13.0. The fourth-order valence-electron chi connectivity index (χ4n) is 3.85. The van der Waals surface area contributed by atoms with Crippen LogP contribution in [0.4, 0.5) is 5.69 Å². The van der Waals surface area contributed by atoms with Gasteiger partial charge in [-0.25, -0.2) is 4.99 Å². The number of aliphatic imine (C=N–C) groups is 2. The van der Waals surface area contributed by atoms with Crippen molar-refractivity contribution in [3.8, 4) is 0 Å². The summed E-state index contributed by atoms with van der Waals surface area (Å²) < 4.78 is 0. The smallest absolute Gasteiger partial charge is 0.289 e. The second-order valence-electron chi connectivity index (χ2n) is 7.01. The number of carbonyl (C=O) groups excluding carboxylic acids is 2. The molecule has 1 aliphatic carbocycles. The number of carbonyl (C=O) groups is 2. The number of fused-ring (bicyclic) bond motifs is 2. The van der Waals surface area contributed by atoms with Gasteiger partial charge < -0.3 is 15.1 Å². The number of benzene rings is 1. The zero-order chi connectivity index (χ0) is 19.1. The first kappa shape index (κ1) is 16.7. The van der Waals surface area contributed by atoms with Gasteiger partial charge in [0.15, 0.2) is 11.6 Å². The van der Waals surface area contributed by atoms with Crippen molar-refractivity contribution in [2.24, 2.45) is 9.98 Å². The minimum Gasteiger partial charge on any atom is -0.368 e. The van der Waals surface area contributed by atoms with E-state index in [9.17, 15) is 9.59 Å². The van der Waals surface area contributed by atoms with Gasteiger partial charge in [0.25, 0.3) is 5.91 Å². The van der Waals surface area contributed by atoms with Crippen LogP contribution in [0.1, 0.15) is 0 Å². The summed E-state index contributed by atoms with van der Waals surface area (Å²) in [5, 5.41) is 3.04. The second-order valence-corrected chi connectivity index (χ2v) is 7.01. The number of piperazine rings is 1. The number of nitrogens with one attached hydrogen (secondary N) is 1. The molecule has 0 spiro atoms. The monoisotopic (exact) mass is 373 g/mol. The van der Waals surface area contributed by atoms with E-state index in [0.29, 0.717) is 42.4 Å². The van der Waals surface area contributed by atoms with Crippen LogP contribution in [-0.2, 0) is 9.59 Å². The molecular formula is C21H19N5O2. The van der Waals surface area contributed by atoms with Crippen LogP contribution in [-0.4, -0.2) is 61.4 Å². The molecule has 0 unspecified atom stereocenters. The zero-order valence-electron chi connectivity index (χ0n) is 15.3. The molecule has 3 aliphatic heterocycles. The van der Waals surface area contributed by atoms with Crippen LogP contribution in [0.2, 0.25) is 0 Å². The van der Waals surface area contributed by atoms with Gasteiger partial charge in [0.1, 0.15) is 0 Å². The lowest BCUT2D eigenvalue weighted by molar-refractivity contribution is -0.124. The summed E-state index contributed by atoms with van der Waals surface area (Å²) in [4.78, 5) is 38.1. The molecule has 1 amide bonds. The number of nitrogens with zero attached hydrogens (tertiary/aromatic N) is 4. The molecular weight excluding hydrogens is 354 g/mol.